The number of rotatable bonds is 5. The summed E-state index contributed by atoms with van der Waals surface area (Å²) in [5.41, 5.74) is 2.14. The molecule has 0 unspecified atom stereocenters. The second-order valence-electron chi connectivity index (χ2n) is 4.05. The van der Waals surface area contributed by atoms with Crippen molar-refractivity contribution in [2.24, 2.45) is 0 Å². The van der Waals surface area contributed by atoms with Crippen LogP contribution in [0.4, 0.5) is 0 Å². The summed E-state index contributed by atoms with van der Waals surface area (Å²) in [6.07, 6.45) is 0. The maximum Gasteiger partial charge on any atom is 0.119 e. The lowest BCUT2D eigenvalue weighted by Gasteiger charge is -2.07. The molecule has 0 fully saturated rings. The lowest BCUT2D eigenvalue weighted by Crippen LogP contribution is -1.88. The molecule has 19 heavy (non-hydrogen) atoms. The largest absolute Gasteiger partial charge is 0.497 e. The number of methoxy groups -OCH3 is 1. The molecule has 2 nitrogen and oxygen atoms in total. The fraction of sp³-hybridized carbons (Fsp3) is 0.200. The van der Waals surface area contributed by atoms with Gasteiger partial charge in [0.05, 0.1) is 13.7 Å². The molecule has 0 bridgehead atoms. The molecule has 2 aromatic rings. The van der Waals surface area contributed by atoms with E-state index in [0.717, 1.165) is 21.5 Å². The van der Waals surface area contributed by atoms with Crippen molar-refractivity contribution in [2.45, 2.75) is 17.3 Å². The summed E-state index contributed by atoms with van der Waals surface area (Å²) in [5, 5.41) is 9.00. The summed E-state index contributed by atoms with van der Waals surface area (Å²) in [6.45, 7) is 0.0897. The minimum Gasteiger partial charge on any atom is -0.497 e. The van der Waals surface area contributed by atoms with Crippen LogP contribution in [0.15, 0.2) is 51.8 Å². The normalized spacial score (nSPS) is 10.5. The second kappa shape index (κ2) is 6.98. The molecule has 4 heteroatoms. The number of halogens is 1. The van der Waals surface area contributed by atoms with Crippen molar-refractivity contribution >= 4 is 27.7 Å². The van der Waals surface area contributed by atoms with Crippen LogP contribution in [0.3, 0.4) is 0 Å². The minimum atomic E-state index is 0.0897. The molecule has 1 N–H and O–H groups in total. The lowest BCUT2D eigenvalue weighted by atomic mass is 10.2. The summed E-state index contributed by atoms with van der Waals surface area (Å²) < 4.78 is 6.32. The van der Waals surface area contributed by atoms with Gasteiger partial charge in [0.15, 0.2) is 0 Å². The number of hydrogen-bond acceptors (Lipinski definition) is 3. The Labute approximate surface area is 125 Å². The quantitative estimate of drug-likeness (QED) is 0.826. The average molecular weight is 339 g/mol. The smallest absolute Gasteiger partial charge is 0.119 e. The Morgan fingerprint density at radius 3 is 2.53 bits per heavy atom. The van der Waals surface area contributed by atoms with Crippen molar-refractivity contribution in [3.63, 3.8) is 0 Å². The Morgan fingerprint density at radius 1 is 1.16 bits per heavy atom. The Balaban J connectivity index is 2.05. The molecule has 0 amide bonds. The van der Waals surface area contributed by atoms with E-state index < -0.39 is 0 Å². The van der Waals surface area contributed by atoms with Crippen molar-refractivity contribution in [3.8, 4) is 5.75 Å². The fourth-order valence-electron chi connectivity index (χ4n) is 1.64. The number of hydrogen-bond donors (Lipinski definition) is 1. The molecule has 0 saturated heterocycles. The van der Waals surface area contributed by atoms with E-state index in [4.69, 9.17) is 9.84 Å². The van der Waals surface area contributed by atoms with Gasteiger partial charge in [0.1, 0.15) is 5.75 Å². The second-order valence-corrected chi connectivity index (χ2v) is 5.95. The standard InChI is InChI=1S/C15H15BrO2S/c1-18-13-4-7-15(16)12(8-13)10-19-14-5-2-11(9-17)3-6-14/h2-8,17H,9-10H2,1H3. The Bertz CT molecular complexity index is 540. The zero-order valence-corrected chi connectivity index (χ0v) is 13.0. The van der Waals surface area contributed by atoms with Crippen molar-refractivity contribution < 1.29 is 9.84 Å². The highest BCUT2D eigenvalue weighted by molar-refractivity contribution is 9.10. The van der Waals surface area contributed by atoms with Crippen LogP contribution in [0, 0.1) is 0 Å². The third-order valence-electron chi connectivity index (χ3n) is 2.75. The van der Waals surface area contributed by atoms with E-state index >= 15 is 0 Å². The number of aliphatic hydroxyl groups is 1. The van der Waals surface area contributed by atoms with Crippen LogP contribution in [0.25, 0.3) is 0 Å². The summed E-state index contributed by atoms with van der Waals surface area (Å²) in [7, 11) is 1.67. The average Bonchev–Trinajstić information content (AvgIpc) is 2.47. The Kier molecular flexibility index (Phi) is 5.31. The third kappa shape index (κ3) is 4.00. The summed E-state index contributed by atoms with van der Waals surface area (Å²) in [5.74, 6) is 1.74. The van der Waals surface area contributed by atoms with Crippen LogP contribution in [0.5, 0.6) is 5.75 Å². The number of thioether (sulfide) groups is 1. The van der Waals surface area contributed by atoms with E-state index in [1.807, 2.05) is 42.5 Å². The molecule has 0 aliphatic heterocycles. The van der Waals surface area contributed by atoms with Crippen LogP contribution >= 0.6 is 27.7 Å². The molecular formula is C15H15BrO2S. The topological polar surface area (TPSA) is 29.5 Å². The monoisotopic (exact) mass is 338 g/mol. The molecule has 0 aliphatic rings. The van der Waals surface area contributed by atoms with Gasteiger partial charge in [0, 0.05) is 15.1 Å². The zero-order valence-electron chi connectivity index (χ0n) is 10.6. The van der Waals surface area contributed by atoms with Crippen LogP contribution in [0.2, 0.25) is 0 Å². The SMILES string of the molecule is COc1ccc(Br)c(CSc2ccc(CO)cc2)c1. The molecule has 0 aliphatic carbocycles. The van der Waals surface area contributed by atoms with Gasteiger partial charge in [0.2, 0.25) is 0 Å². The van der Waals surface area contributed by atoms with Crippen LogP contribution < -0.4 is 4.74 Å². The van der Waals surface area contributed by atoms with Crippen molar-refractivity contribution in [2.75, 3.05) is 7.11 Å². The van der Waals surface area contributed by atoms with Crippen molar-refractivity contribution in [1.29, 1.82) is 0 Å². The fourth-order valence-corrected chi connectivity index (χ4v) is 3.10. The first kappa shape index (κ1) is 14.4. The first-order valence-corrected chi connectivity index (χ1v) is 7.66. The number of benzene rings is 2. The van der Waals surface area contributed by atoms with Gasteiger partial charge in [-0.05, 0) is 41.5 Å². The van der Waals surface area contributed by atoms with Gasteiger partial charge in [0.25, 0.3) is 0 Å². The van der Waals surface area contributed by atoms with Gasteiger partial charge in [-0.15, -0.1) is 11.8 Å². The van der Waals surface area contributed by atoms with Crippen molar-refractivity contribution in [1.82, 2.24) is 0 Å². The highest BCUT2D eigenvalue weighted by atomic mass is 79.9. The van der Waals surface area contributed by atoms with Gasteiger partial charge >= 0.3 is 0 Å². The van der Waals surface area contributed by atoms with E-state index in [2.05, 4.69) is 15.9 Å². The molecule has 0 aromatic heterocycles. The van der Waals surface area contributed by atoms with E-state index in [1.165, 1.54) is 10.5 Å². The number of aliphatic hydroxyl groups excluding tert-OH is 1. The van der Waals surface area contributed by atoms with Gasteiger partial charge in [-0.2, -0.15) is 0 Å². The lowest BCUT2D eigenvalue weighted by molar-refractivity contribution is 0.282. The van der Waals surface area contributed by atoms with E-state index in [9.17, 15) is 0 Å². The molecule has 0 atom stereocenters. The molecule has 0 spiro atoms. The summed E-state index contributed by atoms with van der Waals surface area (Å²) >= 11 is 5.31. The first-order chi connectivity index (χ1) is 9.22. The molecule has 0 radical (unpaired) electrons. The molecule has 100 valence electrons. The Morgan fingerprint density at radius 2 is 1.89 bits per heavy atom. The maximum atomic E-state index is 9.00. The van der Waals surface area contributed by atoms with Gasteiger partial charge < -0.3 is 9.84 Å². The molecule has 0 heterocycles. The first-order valence-electron chi connectivity index (χ1n) is 5.88. The zero-order chi connectivity index (χ0) is 13.7. The molecular weight excluding hydrogens is 324 g/mol. The van der Waals surface area contributed by atoms with Gasteiger partial charge in [-0.25, -0.2) is 0 Å². The predicted octanol–water partition coefficient (Wildman–Crippen LogP) is 4.24. The van der Waals surface area contributed by atoms with Crippen LogP contribution in [0.1, 0.15) is 11.1 Å². The highest BCUT2D eigenvalue weighted by Crippen LogP contribution is 2.29. The van der Waals surface area contributed by atoms with E-state index in [-0.39, 0.29) is 6.61 Å². The maximum absolute atomic E-state index is 9.00. The minimum absolute atomic E-state index is 0.0897. The van der Waals surface area contributed by atoms with E-state index in [1.54, 1.807) is 18.9 Å². The van der Waals surface area contributed by atoms with E-state index in [0.29, 0.717) is 0 Å². The Hall–Kier alpha value is -0.970. The van der Waals surface area contributed by atoms with Gasteiger partial charge in [-0.3, -0.25) is 0 Å². The van der Waals surface area contributed by atoms with Crippen LogP contribution in [-0.4, -0.2) is 12.2 Å². The predicted molar refractivity (Wildman–Crippen MR) is 82.6 cm³/mol. The molecule has 2 rings (SSSR count). The summed E-state index contributed by atoms with van der Waals surface area (Å²) in [4.78, 5) is 1.19. The van der Waals surface area contributed by atoms with Crippen LogP contribution in [-0.2, 0) is 12.4 Å². The summed E-state index contributed by atoms with van der Waals surface area (Å²) in [6, 6.07) is 13.9. The van der Waals surface area contributed by atoms with Gasteiger partial charge in [-0.1, -0.05) is 28.1 Å². The number of ether oxygens (including phenoxy) is 1. The molecule has 0 saturated carbocycles. The van der Waals surface area contributed by atoms with Crippen molar-refractivity contribution in [3.05, 3.63) is 58.1 Å². The molecule has 2 aromatic carbocycles. The third-order valence-corrected chi connectivity index (χ3v) is 4.59. The highest BCUT2D eigenvalue weighted by Gasteiger charge is 2.03.